The van der Waals surface area contributed by atoms with Crippen LogP contribution in [0.1, 0.15) is 22.6 Å². The highest BCUT2D eigenvalue weighted by atomic mass is 32.1. The fourth-order valence-electron chi connectivity index (χ4n) is 3.37. The Kier molecular flexibility index (Phi) is 3.98. The molecular formula is C20H15N5O2S. The Morgan fingerprint density at radius 2 is 2.14 bits per heavy atom. The van der Waals surface area contributed by atoms with Gasteiger partial charge in [-0.3, -0.25) is 24.5 Å². The van der Waals surface area contributed by atoms with E-state index in [4.69, 9.17) is 0 Å². The van der Waals surface area contributed by atoms with Crippen LogP contribution in [0.25, 0.3) is 22.2 Å². The van der Waals surface area contributed by atoms with Gasteiger partial charge in [-0.1, -0.05) is 0 Å². The largest absolute Gasteiger partial charge is 0.298 e. The second kappa shape index (κ2) is 6.65. The molecule has 1 aliphatic rings. The number of benzene rings is 1. The first-order valence-corrected chi connectivity index (χ1v) is 9.78. The topological polar surface area (TPSA) is 89.8 Å². The Morgan fingerprint density at radius 1 is 1.21 bits per heavy atom. The van der Waals surface area contributed by atoms with Gasteiger partial charge in [0.15, 0.2) is 5.13 Å². The van der Waals surface area contributed by atoms with E-state index in [-0.39, 0.29) is 11.5 Å². The number of hydrogen-bond donors (Lipinski definition) is 1. The molecule has 0 spiro atoms. The monoisotopic (exact) mass is 389 g/mol. The van der Waals surface area contributed by atoms with Gasteiger partial charge in [-0.25, -0.2) is 9.97 Å². The van der Waals surface area contributed by atoms with E-state index in [1.807, 2.05) is 17.5 Å². The molecule has 8 heteroatoms. The second-order valence-electron chi connectivity index (χ2n) is 6.55. The van der Waals surface area contributed by atoms with Gasteiger partial charge in [-0.05, 0) is 36.8 Å². The van der Waals surface area contributed by atoms with Crippen molar-refractivity contribution in [1.29, 1.82) is 0 Å². The zero-order valence-electron chi connectivity index (χ0n) is 14.8. The molecule has 4 aromatic rings. The van der Waals surface area contributed by atoms with Crippen LogP contribution in [0.3, 0.4) is 0 Å². The van der Waals surface area contributed by atoms with E-state index >= 15 is 0 Å². The van der Waals surface area contributed by atoms with Crippen molar-refractivity contribution in [3.8, 4) is 11.3 Å². The Morgan fingerprint density at radius 3 is 3.00 bits per heavy atom. The summed E-state index contributed by atoms with van der Waals surface area (Å²) in [4.78, 5) is 38.3. The molecule has 1 amide bonds. The number of pyridine rings is 1. The highest BCUT2D eigenvalue weighted by Crippen LogP contribution is 2.25. The number of carbonyl (C=O) groups is 1. The van der Waals surface area contributed by atoms with Gasteiger partial charge in [0.1, 0.15) is 5.82 Å². The minimum absolute atomic E-state index is 0.0366. The molecule has 0 saturated heterocycles. The minimum atomic E-state index is -0.281. The molecule has 1 N–H and O–H groups in total. The van der Waals surface area contributed by atoms with E-state index in [0.717, 1.165) is 29.9 Å². The third-order valence-electron chi connectivity index (χ3n) is 4.76. The molecule has 1 aliphatic heterocycles. The standard InChI is InChI=1S/C20H15N5O2S/c26-18(24-20-23-16(11-28-20)13-3-1-7-21-10-13)12-5-6-14-15(9-12)22-17-4-2-8-25(17)19(14)27/h1,3,5-7,9-11H,2,4,8H2,(H,23,24,26). The number of carbonyl (C=O) groups excluding carboxylic acids is 1. The number of aromatic nitrogens is 4. The number of anilines is 1. The molecule has 3 aromatic heterocycles. The Labute approximate surface area is 163 Å². The summed E-state index contributed by atoms with van der Waals surface area (Å²) in [5.41, 5.74) is 2.62. The van der Waals surface area contributed by atoms with Gasteiger partial charge in [0.2, 0.25) is 0 Å². The van der Waals surface area contributed by atoms with Crippen LogP contribution in [0.4, 0.5) is 5.13 Å². The van der Waals surface area contributed by atoms with Crippen LogP contribution in [0, 0.1) is 0 Å². The zero-order chi connectivity index (χ0) is 19.1. The van der Waals surface area contributed by atoms with Crippen molar-refractivity contribution in [2.24, 2.45) is 0 Å². The van der Waals surface area contributed by atoms with Gasteiger partial charge in [0, 0.05) is 41.9 Å². The number of thiazole rings is 1. The maximum Gasteiger partial charge on any atom is 0.261 e. The highest BCUT2D eigenvalue weighted by molar-refractivity contribution is 7.14. The van der Waals surface area contributed by atoms with E-state index in [1.165, 1.54) is 11.3 Å². The zero-order valence-corrected chi connectivity index (χ0v) is 15.6. The van der Waals surface area contributed by atoms with Crippen molar-refractivity contribution in [3.63, 3.8) is 0 Å². The summed E-state index contributed by atoms with van der Waals surface area (Å²) < 4.78 is 1.72. The lowest BCUT2D eigenvalue weighted by molar-refractivity contribution is 0.102. The van der Waals surface area contributed by atoms with Gasteiger partial charge in [0.25, 0.3) is 11.5 Å². The average Bonchev–Trinajstić information content (AvgIpc) is 3.38. The Hall–Kier alpha value is -3.39. The maximum atomic E-state index is 12.7. The molecule has 0 saturated carbocycles. The molecule has 0 fully saturated rings. The van der Waals surface area contributed by atoms with Crippen molar-refractivity contribution < 1.29 is 4.79 Å². The normalized spacial score (nSPS) is 12.9. The van der Waals surface area contributed by atoms with E-state index in [2.05, 4.69) is 20.3 Å². The molecule has 28 heavy (non-hydrogen) atoms. The van der Waals surface area contributed by atoms with Crippen molar-refractivity contribution in [2.75, 3.05) is 5.32 Å². The predicted octanol–water partition coefficient (Wildman–Crippen LogP) is 3.11. The third kappa shape index (κ3) is 2.87. The second-order valence-corrected chi connectivity index (χ2v) is 7.41. The lowest BCUT2D eigenvalue weighted by Gasteiger charge is -2.07. The fraction of sp³-hybridized carbons (Fsp3) is 0.150. The number of nitrogens with zero attached hydrogens (tertiary/aromatic N) is 4. The van der Waals surface area contributed by atoms with Gasteiger partial charge >= 0.3 is 0 Å². The number of aryl methyl sites for hydroxylation is 1. The van der Waals surface area contributed by atoms with Crippen LogP contribution < -0.4 is 10.9 Å². The van der Waals surface area contributed by atoms with E-state index < -0.39 is 0 Å². The van der Waals surface area contributed by atoms with Crippen LogP contribution in [0.2, 0.25) is 0 Å². The molecule has 7 nitrogen and oxygen atoms in total. The van der Waals surface area contributed by atoms with Gasteiger partial charge in [0.05, 0.1) is 16.6 Å². The van der Waals surface area contributed by atoms with Crippen molar-refractivity contribution >= 4 is 33.3 Å². The van der Waals surface area contributed by atoms with Crippen LogP contribution >= 0.6 is 11.3 Å². The summed E-state index contributed by atoms with van der Waals surface area (Å²) in [6, 6.07) is 8.75. The van der Waals surface area contributed by atoms with Crippen molar-refractivity contribution in [1.82, 2.24) is 19.5 Å². The van der Waals surface area contributed by atoms with Crippen LogP contribution in [-0.2, 0) is 13.0 Å². The lowest BCUT2D eigenvalue weighted by Crippen LogP contribution is -2.21. The van der Waals surface area contributed by atoms with Crippen molar-refractivity contribution in [3.05, 3.63) is 69.8 Å². The maximum absolute atomic E-state index is 12.7. The molecule has 0 atom stereocenters. The predicted molar refractivity (Wildman–Crippen MR) is 108 cm³/mol. The SMILES string of the molecule is O=C(Nc1nc(-c2cccnc2)cs1)c1ccc2c(=O)n3c(nc2c1)CCC3. The summed E-state index contributed by atoms with van der Waals surface area (Å²) in [5.74, 6) is 0.507. The molecule has 0 radical (unpaired) electrons. The molecule has 5 rings (SSSR count). The molecule has 1 aromatic carbocycles. The third-order valence-corrected chi connectivity index (χ3v) is 5.52. The summed E-state index contributed by atoms with van der Waals surface area (Å²) >= 11 is 1.35. The molecule has 4 heterocycles. The summed E-state index contributed by atoms with van der Waals surface area (Å²) in [7, 11) is 0. The van der Waals surface area contributed by atoms with Crippen molar-refractivity contribution in [2.45, 2.75) is 19.4 Å². The summed E-state index contributed by atoms with van der Waals surface area (Å²) in [5, 5.41) is 5.73. The van der Waals surface area contributed by atoms with Crippen LogP contribution in [0.5, 0.6) is 0 Å². The molecule has 138 valence electrons. The molecular weight excluding hydrogens is 374 g/mol. The van der Waals surface area contributed by atoms with Crippen LogP contribution in [-0.4, -0.2) is 25.4 Å². The Bertz CT molecular complexity index is 1260. The number of rotatable bonds is 3. The average molecular weight is 389 g/mol. The number of amides is 1. The smallest absolute Gasteiger partial charge is 0.261 e. The number of fused-ring (bicyclic) bond motifs is 2. The first-order valence-electron chi connectivity index (χ1n) is 8.90. The molecule has 0 bridgehead atoms. The number of nitrogens with one attached hydrogen (secondary N) is 1. The van der Waals surface area contributed by atoms with Crippen LogP contribution in [0.15, 0.2) is 52.9 Å². The van der Waals surface area contributed by atoms with E-state index in [1.54, 1.807) is 35.2 Å². The number of hydrogen-bond acceptors (Lipinski definition) is 6. The van der Waals surface area contributed by atoms with Gasteiger partial charge in [-0.2, -0.15) is 0 Å². The van der Waals surface area contributed by atoms with Gasteiger partial charge < -0.3 is 0 Å². The molecule has 0 aliphatic carbocycles. The minimum Gasteiger partial charge on any atom is -0.298 e. The highest BCUT2D eigenvalue weighted by Gasteiger charge is 2.17. The van der Waals surface area contributed by atoms with E-state index in [0.29, 0.717) is 28.1 Å². The first kappa shape index (κ1) is 16.8. The fourth-order valence-corrected chi connectivity index (χ4v) is 4.09. The summed E-state index contributed by atoms with van der Waals surface area (Å²) in [6.07, 6.45) is 5.15. The van der Waals surface area contributed by atoms with E-state index in [9.17, 15) is 9.59 Å². The first-order chi connectivity index (χ1) is 13.7. The quantitative estimate of drug-likeness (QED) is 0.581. The lowest BCUT2D eigenvalue weighted by atomic mass is 10.1. The van der Waals surface area contributed by atoms with Gasteiger partial charge in [-0.15, -0.1) is 11.3 Å². The molecule has 0 unspecified atom stereocenters. The summed E-state index contributed by atoms with van der Waals surface area (Å²) in [6.45, 7) is 0.711. The Balaban J connectivity index is 1.43.